The van der Waals surface area contributed by atoms with E-state index in [1.165, 1.54) is 75.1 Å². The third-order valence-corrected chi connectivity index (χ3v) is 8.71. The van der Waals surface area contributed by atoms with Gasteiger partial charge in [0.2, 0.25) is 5.75 Å². The smallest absolute Gasteiger partial charge is 0.429 e. The summed E-state index contributed by atoms with van der Waals surface area (Å²) >= 11 is 0. The van der Waals surface area contributed by atoms with Gasteiger partial charge in [-0.05, 0) is 78.0 Å². The normalized spacial score (nSPS) is 17.0. The number of hydrogen-bond acceptors (Lipinski definition) is 2. The van der Waals surface area contributed by atoms with Crippen LogP contribution in [0.3, 0.4) is 0 Å². The molecular weight excluding hydrogens is 628 g/mol. The number of hydrogen-bond donors (Lipinski definition) is 0. The molecule has 0 bridgehead atoms. The van der Waals surface area contributed by atoms with Gasteiger partial charge in [-0.15, -0.1) is 13.2 Å². The second-order valence-electron chi connectivity index (χ2n) is 12.0. The van der Waals surface area contributed by atoms with Gasteiger partial charge in [-0.2, -0.15) is 8.78 Å². The first kappa shape index (κ1) is 34.3. The molecular formula is C37H34F8O2. The Balaban J connectivity index is 1.23. The van der Waals surface area contributed by atoms with Crippen LogP contribution in [0.4, 0.5) is 35.1 Å². The van der Waals surface area contributed by atoms with Crippen LogP contribution in [-0.4, -0.2) is 6.36 Å². The van der Waals surface area contributed by atoms with Crippen molar-refractivity contribution in [2.75, 3.05) is 0 Å². The average molecular weight is 663 g/mol. The lowest BCUT2D eigenvalue weighted by Crippen LogP contribution is -2.22. The van der Waals surface area contributed by atoms with Gasteiger partial charge in [-0.25, -0.2) is 13.2 Å². The van der Waals surface area contributed by atoms with Crippen LogP contribution < -0.4 is 9.47 Å². The van der Waals surface area contributed by atoms with E-state index in [-0.39, 0.29) is 17.7 Å². The fourth-order valence-corrected chi connectivity index (χ4v) is 6.20. The number of unbranched alkanes of at least 4 members (excludes halogenated alkanes) is 2. The minimum Gasteiger partial charge on any atom is -0.429 e. The SMILES string of the molecule is CCCCCC1CCC(c2ccc(-c3ccc(-c4ccc(C(F)(F)Oc5cc(F)c(OC(F)(F)F)c(F)c5)cc4)c(F)c3)cc2)CC1. The van der Waals surface area contributed by atoms with Crippen molar-refractivity contribution in [2.45, 2.75) is 76.7 Å². The molecule has 47 heavy (non-hydrogen) atoms. The molecule has 1 aliphatic rings. The number of halogens is 8. The van der Waals surface area contributed by atoms with E-state index in [9.17, 15) is 30.7 Å². The van der Waals surface area contributed by atoms with E-state index < -0.39 is 47.0 Å². The first-order chi connectivity index (χ1) is 22.3. The monoisotopic (exact) mass is 662 g/mol. The van der Waals surface area contributed by atoms with E-state index in [1.54, 1.807) is 12.1 Å². The molecule has 0 amide bonds. The van der Waals surface area contributed by atoms with Crippen LogP contribution in [0.25, 0.3) is 22.3 Å². The van der Waals surface area contributed by atoms with Crippen molar-refractivity contribution in [3.05, 3.63) is 107 Å². The van der Waals surface area contributed by atoms with Crippen molar-refractivity contribution in [2.24, 2.45) is 5.92 Å². The Hall–Kier alpha value is -4.08. The van der Waals surface area contributed by atoms with Gasteiger partial charge in [-0.1, -0.05) is 81.1 Å². The molecule has 5 rings (SSSR count). The maximum absolute atomic E-state index is 15.2. The number of rotatable bonds is 11. The second kappa shape index (κ2) is 14.4. The quantitative estimate of drug-likeness (QED) is 0.118. The van der Waals surface area contributed by atoms with E-state index >= 15 is 4.39 Å². The molecule has 0 aliphatic heterocycles. The maximum atomic E-state index is 15.2. The fourth-order valence-electron chi connectivity index (χ4n) is 6.20. The summed E-state index contributed by atoms with van der Waals surface area (Å²) in [5.41, 5.74) is 2.54. The molecule has 0 heterocycles. The number of alkyl halides is 5. The van der Waals surface area contributed by atoms with E-state index in [4.69, 9.17) is 0 Å². The molecule has 4 aromatic carbocycles. The van der Waals surface area contributed by atoms with E-state index in [0.717, 1.165) is 23.6 Å². The number of benzene rings is 4. The van der Waals surface area contributed by atoms with Crippen LogP contribution >= 0.6 is 0 Å². The molecule has 1 saturated carbocycles. The van der Waals surface area contributed by atoms with Crippen LogP contribution in [0.2, 0.25) is 0 Å². The topological polar surface area (TPSA) is 18.5 Å². The lowest BCUT2D eigenvalue weighted by Gasteiger charge is -2.29. The molecule has 10 heteroatoms. The minimum absolute atomic E-state index is 0.150. The molecule has 0 unspecified atom stereocenters. The summed E-state index contributed by atoms with van der Waals surface area (Å²) in [4.78, 5) is 0. The zero-order chi connectivity index (χ0) is 33.8. The van der Waals surface area contributed by atoms with Crippen molar-refractivity contribution in [3.8, 4) is 33.8 Å². The van der Waals surface area contributed by atoms with E-state index in [0.29, 0.717) is 17.0 Å². The number of ether oxygens (including phenoxy) is 2. The van der Waals surface area contributed by atoms with Crippen molar-refractivity contribution in [3.63, 3.8) is 0 Å². The zero-order valence-corrected chi connectivity index (χ0v) is 25.7. The highest BCUT2D eigenvalue weighted by atomic mass is 19.4. The first-order valence-electron chi connectivity index (χ1n) is 15.7. The van der Waals surface area contributed by atoms with Crippen molar-refractivity contribution in [1.82, 2.24) is 0 Å². The third kappa shape index (κ3) is 8.64. The fraction of sp³-hybridized carbons (Fsp3) is 0.351. The highest BCUT2D eigenvalue weighted by Crippen LogP contribution is 2.40. The Labute approximate surface area is 268 Å². The van der Waals surface area contributed by atoms with Crippen molar-refractivity contribution in [1.29, 1.82) is 0 Å². The maximum Gasteiger partial charge on any atom is 0.573 e. The Bertz CT molecular complexity index is 1620. The van der Waals surface area contributed by atoms with Gasteiger partial charge in [0.1, 0.15) is 11.6 Å². The molecule has 1 aliphatic carbocycles. The predicted molar refractivity (Wildman–Crippen MR) is 164 cm³/mol. The van der Waals surface area contributed by atoms with Crippen molar-refractivity contribution >= 4 is 0 Å². The largest absolute Gasteiger partial charge is 0.573 e. The van der Waals surface area contributed by atoms with E-state index in [2.05, 4.69) is 28.5 Å². The van der Waals surface area contributed by atoms with Crippen LogP contribution in [0, 0.1) is 23.4 Å². The van der Waals surface area contributed by atoms with Gasteiger partial charge in [0.25, 0.3) is 0 Å². The van der Waals surface area contributed by atoms with Gasteiger partial charge in [0.05, 0.1) is 5.56 Å². The lowest BCUT2D eigenvalue weighted by atomic mass is 9.77. The minimum atomic E-state index is -5.40. The van der Waals surface area contributed by atoms with Gasteiger partial charge < -0.3 is 9.47 Å². The molecule has 0 spiro atoms. The Morgan fingerprint density at radius 2 is 1.23 bits per heavy atom. The summed E-state index contributed by atoms with van der Waals surface area (Å²) in [6, 6.07) is 17.6. The summed E-state index contributed by atoms with van der Waals surface area (Å²) in [6.07, 6.45) is 0.523. The molecule has 0 atom stereocenters. The van der Waals surface area contributed by atoms with E-state index in [1.807, 2.05) is 12.1 Å². The second-order valence-corrected chi connectivity index (χ2v) is 12.0. The predicted octanol–water partition coefficient (Wildman–Crippen LogP) is 12.3. The molecule has 0 radical (unpaired) electrons. The zero-order valence-electron chi connectivity index (χ0n) is 25.7. The van der Waals surface area contributed by atoms with Crippen molar-refractivity contribution < 1.29 is 44.6 Å². The van der Waals surface area contributed by atoms with Gasteiger partial charge in [0.15, 0.2) is 11.6 Å². The molecule has 2 nitrogen and oxygen atoms in total. The average Bonchev–Trinajstić information content (AvgIpc) is 3.03. The molecule has 0 N–H and O–H groups in total. The first-order valence-corrected chi connectivity index (χ1v) is 15.7. The summed E-state index contributed by atoms with van der Waals surface area (Å²) in [7, 11) is 0. The Morgan fingerprint density at radius 1 is 0.638 bits per heavy atom. The van der Waals surface area contributed by atoms with Crippen LogP contribution in [0.5, 0.6) is 11.5 Å². The summed E-state index contributed by atoms with van der Waals surface area (Å²) in [6.45, 7) is 2.23. The lowest BCUT2D eigenvalue weighted by molar-refractivity contribution is -0.276. The highest BCUT2D eigenvalue weighted by molar-refractivity contribution is 5.71. The Kier molecular flexibility index (Phi) is 10.5. The van der Waals surface area contributed by atoms with Crippen LogP contribution in [0.15, 0.2) is 78.9 Å². The molecule has 250 valence electrons. The molecule has 1 fully saturated rings. The summed E-state index contributed by atoms with van der Waals surface area (Å²) < 4.78 is 117. The summed E-state index contributed by atoms with van der Waals surface area (Å²) in [5.74, 6) is -5.82. The standard InChI is InChI=1S/C37H34F8O2/c1-2-3-4-5-23-6-8-24(9-7-23)25-10-12-26(13-11-25)28-16-19-31(32(38)20-28)27-14-17-29(18-15-27)36(41,42)46-30-21-33(39)35(34(40)22-30)47-37(43,44)45/h10-24H,2-9H2,1H3. The van der Waals surface area contributed by atoms with Gasteiger partial charge >= 0.3 is 12.5 Å². The highest BCUT2D eigenvalue weighted by Gasteiger charge is 2.37. The molecule has 4 aromatic rings. The van der Waals surface area contributed by atoms with Crippen LogP contribution in [-0.2, 0) is 6.11 Å². The van der Waals surface area contributed by atoms with Gasteiger partial charge in [-0.3, -0.25) is 0 Å². The summed E-state index contributed by atoms with van der Waals surface area (Å²) in [5, 5.41) is 0. The molecule has 0 saturated heterocycles. The van der Waals surface area contributed by atoms with Gasteiger partial charge in [0, 0.05) is 17.7 Å². The third-order valence-electron chi connectivity index (χ3n) is 8.71. The van der Waals surface area contributed by atoms with Crippen LogP contribution in [0.1, 0.15) is 75.3 Å². The molecule has 0 aromatic heterocycles. The Morgan fingerprint density at radius 3 is 1.81 bits per heavy atom.